The Hall–Kier alpha value is -1.52. The molecular weight excluding hydrogens is 250 g/mol. The normalized spacial score (nSPS) is 19.6. The Balaban J connectivity index is 1.78. The topological polar surface area (TPSA) is 45.2 Å². The molecule has 0 saturated carbocycles. The highest BCUT2D eigenvalue weighted by molar-refractivity contribution is 6.03. The van der Waals surface area contributed by atoms with Crippen molar-refractivity contribution in [2.45, 2.75) is 26.3 Å². The fraction of sp³-hybridized carbons (Fsp3) is 0.500. The molecular formula is C16H21N3O. The van der Waals surface area contributed by atoms with E-state index in [0.29, 0.717) is 6.42 Å². The minimum atomic E-state index is 0.251. The van der Waals surface area contributed by atoms with Crippen molar-refractivity contribution in [3.8, 4) is 0 Å². The minimum Gasteiger partial charge on any atom is -0.314 e. The first kappa shape index (κ1) is 13.5. The molecule has 0 atom stereocenters. The molecule has 1 N–H and O–H groups in total. The van der Waals surface area contributed by atoms with Crippen LogP contribution in [-0.2, 0) is 17.8 Å². The van der Waals surface area contributed by atoms with Crippen molar-refractivity contribution in [2.75, 3.05) is 26.2 Å². The molecule has 20 heavy (non-hydrogen) atoms. The van der Waals surface area contributed by atoms with Gasteiger partial charge in [0.05, 0.1) is 5.69 Å². The Kier molecular flexibility index (Phi) is 3.94. The molecule has 1 aromatic rings. The third-order valence-corrected chi connectivity index (χ3v) is 4.07. The summed E-state index contributed by atoms with van der Waals surface area (Å²) in [5.74, 6) is 0.251. The highest BCUT2D eigenvalue weighted by atomic mass is 16.1. The van der Waals surface area contributed by atoms with E-state index in [4.69, 9.17) is 0 Å². The lowest BCUT2D eigenvalue weighted by atomic mass is 9.92. The summed E-state index contributed by atoms with van der Waals surface area (Å²) in [5, 5.41) is 3.36. The van der Waals surface area contributed by atoms with Crippen molar-refractivity contribution >= 4 is 11.9 Å². The van der Waals surface area contributed by atoms with Crippen LogP contribution in [0.5, 0.6) is 0 Å². The van der Waals surface area contributed by atoms with Gasteiger partial charge in [0, 0.05) is 45.3 Å². The number of Topliss-reactive ketones (excluding diaryl/α,β-unsaturated/α-hetero) is 1. The highest BCUT2D eigenvalue weighted by Crippen LogP contribution is 2.23. The van der Waals surface area contributed by atoms with Gasteiger partial charge in [-0.2, -0.15) is 0 Å². The Labute approximate surface area is 119 Å². The summed E-state index contributed by atoms with van der Waals surface area (Å²) in [6.07, 6.45) is 5.22. The molecule has 0 spiro atoms. The van der Waals surface area contributed by atoms with Crippen molar-refractivity contribution in [1.29, 1.82) is 0 Å². The van der Waals surface area contributed by atoms with Crippen molar-refractivity contribution in [3.05, 3.63) is 34.7 Å². The summed E-state index contributed by atoms with van der Waals surface area (Å²) in [7, 11) is 0. The molecule has 106 valence electrons. The number of nitrogens with zero attached hydrogens (tertiary/aromatic N) is 2. The van der Waals surface area contributed by atoms with Crippen LogP contribution in [0, 0.1) is 0 Å². The first-order chi connectivity index (χ1) is 9.76. The van der Waals surface area contributed by atoms with Crippen molar-refractivity contribution < 1.29 is 4.79 Å². The number of rotatable bonds is 3. The van der Waals surface area contributed by atoms with Gasteiger partial charge in [-0.05, 0) is 29.2 Å². The molecule has 2 heterocycles. The Morgan fingerprint density at radius 3 is 2.90 bits per heavy atom. The van der Waals surface area contributed by atoms with Gasteiger partial charge < -0.3 is 5.32 Å². The molecule has 1 aliphatic heterocycles. The number of hydrogen-bond donors (Lipinski definition) is 1. The lowest BCUT2D eigenvalue weighted by Gasteiger charge is -2.27. The van der Waals surface area contributed by atoms with E-state index in [1.165, 1.54) is 5.56 Å². The summed E-state index contributed by atoms with van der Waals surface area (Å²) in [6, 6.07) is 2.16. The third kappa shape index (κ3) is 2.81. The van der Waals surface area contributed by atoms with Gasteiger partial charge in [-0.15, -0.1) is 0 Å². The number of aromatic nitrogens is 1. The maximum atomic E-state index is 12.0. The summed E-state index contributed by atoms with van der Waals surface area (Å²) < 4.78 is 0. The second-order valence-corrected chi connectivity index (χ2v) is 5.54. The van der Waals surface area contributed by atoms with E-state index in [0.717, 1.165) is 56.0 Å². The zero-order valence-corrected chi connectivity index (χ0v) is 12.0. The Morgan fingerprint density at radius 1 is 1.35 bits per heavy atom. The molecule has 0 amide bonds. The molecule has 0 radical (unpaired) electrons. The molecule has 1 fully saturated rings. The summed E-state index contributed by atoms with van der Waals surface area (Å²) in [6.45, 7) is 7.22. The van der Waals surface area contributed by atoms with Crippen LogP contribution in [0.25, 0.3) is 6.08 Å². The predicted molar refractivity (Wildman–Crippen MR) is 79.4 cm³/mol. The zero-order valence-electron chi connectivity index (χ0n) is 12.0. The fourth-order valence-corrected chi connectivity index (χ4v) is 2.89. The van der Waals surface area contributed by atoms with Gasteiger partial charge in [0.25, 0.3) is 0 Å². The highest BCUT2D eigenvalue weighted by Gasteiger charge is 2.19. The van der Waals surface area contributed by atoms with Crippen LogP contribution in [0.15, 0.2) is 17.8 Å². The maximum absolute atomic E-state index is 12.0. The fourth-order valence-electron chi connectivity index (χ4n) is 2.89. The number of hydrogen-bond acceptors (Lipinski definition) is 4. The second kappa shape index (κ2) is 5.85. The maximum Gasteiger partial charge on any atom is 0.163 e. The number of carbonyl (C=O) groups is 1. The molecule has 0 unspecified atom stereocenters. The number of nitrogens with one attached hydrogen (secondary N) is 1. The first-order valence-electron chi connectivity index (χ1n) is 7.41. The van der Waals surface area contributed by atoms with E-state index in [-0.39, 0.29) is 5.78 Å². The smallest absolute Gasteiger partial charge is 0.163 e. The lowest BCUT2D eigenvalue weighted by molar-refractivity contribution is -0.115. The number of allylic oxidation sites excluding steroid dienone is 1. The number of carbonyl (C=O) groups excluding carboxylic acids is 1. The zero-order chi connectivity index (χ0) is 13.9. The SMILES string of the molecule is CCC1=Cc2ncc(CN3CCNCC3)cc2CC1=O. The molecule has 0 aromatic carbocycles. The van der Waals surface area contributed by atoms with Gasteiger partial charge in [-0.1, -0.05) is 13.0 Å². The van der Waals surface area contributed by atoms with Gasteiger partial charge in [0.15, 0.2) is 5.78 Å². The summed E-state index contributed by atoms with van der Waals surface area (Å²) >= 11 is 0. The molecule has 1 saturated heterocycles. The van der Waals surface area contributed by atoms with Gasteiger partial charge >= 0.3 is 0 Å². The predicted octanol–water partition coefficient (Wildman–Crippen LogP) is 1.41. The quantitative estimate of drug-likeness (QED) is 0.903. The van der Waals surface area contributed by atoms with E-state index < -0.39 is 0 Å². The number of pyridine rings is 1. The molecule has 4 heteroatoms. The Morgan fingerprint density at radius 2 is 2.15 bits per heavy atom. The molecule has 1 aliphatic carbocycles. The van der Waals surface area contributed by atoms with E-state index in [9.17, 15) is 4.79 Å². The van der Waals surface area contributed by atoms with Gasteiger partial charge in [-0.3, -0.25) is 14.7 Å². The first-order valence-corrected chi connectivity index (χ1v) is 7.41. The second-order valence-electron chi connectivity index (χ2n) is 5.54. The van der Waals surface area contributed by atoms with Gasteiger partial charge in [-0.25, -0.2) is 0 Å². The third-order valence-electron chi connectivity index (χ3n) is 4.07. The van der Waals surface area contributed by atoms with Crippen molar-refractivity contribution in [2.24, 2.45) is 0 Å². The van der Waals surface area contributed by atoms with E-state index in [1.54, 1.807) is 0 Å². The number of ketones is 1. The Bertz CT molecular complexity index is 545. The number of piperazine rings is 1. The minimum absolute atomic E-state index is 0.251. The van der Waals surface area contributed by atoms with Gasteiger partial charge in [0.2, 0.25) is 0 Å². The van der Waals surface area contributed by atoms with Crippen LogP contribution in [0.4, 0.5) is 0 Å². The lowest BCUT2D eigenvalue weighted by Crippen LogP contribution is -2.42. The van der Waals surface area contributed by atoms with Crippen LogP contribution in [-0.4, -0.2) is 41.8 Å². The summed E-state index contributed by atoms with van der Waals surface area (Å²) in [5.41, 5.74) is 4.18. The molecule has 2 aliphatic rings. The van der Waals surface area contributed by atoms with Crippen LogP contribution < -0.4 is 5.32 Å². The van der Waals surface area contributed by atoms with Crippen molar-refractivity contribution in [3.63, 3.8) is 0 Å². The standard InChI is InChI=1S/C16H21N3O/c1-2-13-8-15-14(9-16(13)20)7-12(10-18-15)11-19-5-3-17-4-6-19/h7-8,10,17H,2-6,9,11H2,1H3. The van der Waals surface area contributed by atoms with Gasteiger partial charge in [0.1, 0.15) is 0 Å². The van der Waals surface area contributed by atoms with Crippen LogP contribution in [0.2, 0.25) is 0 Å². The molecule has 4 nitrogen and oxygen atoms in total. The molecule has 3 rings (SSSR count). The summed E-state index contributed by atoms with van der Waals surface area (Å²) in [4.78, 5) is 18.9. The van der Waals surface area contributed by atoms with Crippen LogP contribution in [0.1, 0.15) is 30.2 Å². The number of fused-ring (bicyclic) bond motifs is 1. The molecule has 0 bridgehead atoms. The van der Waals surface area contributed by atoms with Crippen LogP contribution in [0.3, 0.4) is 0 Å². The largest absolute Gasteiger partial charge is 0.314 e. The average molecular weight is 271 g/mol. The van der Waals surface area contributed by atoms with E-state index >= 15 is 0 Å². The van der Waals surface area contributed by atoms with Crippen LogP contribution >= 0.6 is 0 Å². The molecule has 1 aromatic heterocycles. The van der Waals surface area contributed by atoms with E-state index in [1.807, 2.05) is 19.2 Å². The monoisotopic (exact) mass is 271 g/mol. The van der Waals surface area contributed by atoms with E-state index in [2.05, 4.69) is 21.3 Å². The van der Waals surface area contributed by atoms with Crippen molar-refractivity contribution in [1.82, 2.24) is 15.2 Å². The average Bonchev–Trinajstić information content (AvgIpc) is 2.47.